The summed E-state index contributed by atoms with van der Waals surface area (Å²) in [5, 5.41) is 13.9. The first-order chi connectivity index (χ1) is 10.3. The number of hydrogen-bond donors (Lipinski definition) is 3. The van der Waals surface area contributed by atoms with Gasteiger partial charge < -0.3 is 20.3 Å². The highest BCUT2D eigenvalue weighted by molar-refractivity contribution is 5.86. The maximum absolute atomic E-state index is 12.0. The van der Waals surface area contributed by atoms with Crippen molar-refractivity contribution >= 4 is 16.9 Å². The normalized spacial score (nSPS) is 11.7. The molecule has 0 bridgehead atoms. The van der Waals surface area contributed by atoms with E-state index in [2.05, 4.69) is 29.4 Å². The molecule has 5 heteroatoms. The molecule has 1 heterocycles. The number of urea groups is 1. The number of nitrogens with one attached hydrogen (secondary N) is 2. The van der Waals surface area contributed by atoms with Crippen molar-refractivity contribution in [2.75, 3.05) is 20.1 Å². The number of aromatic amines is 1. The molecule has 0 aliphatic carbocycles. The minimum absolute atomic E-state index is 0.168. The van der Waals surface area contributed by atoms with Gasteiger partial charge in [0.1, 0.15) is 0 Å². The zero-order valence-electron chi connectivity index (χ0n) is 13.7. The molecule has 0 aliphatic heterocycles. The number of nitrogens with zero attached hydrogens (tertiary/aromatic N) is 1. The number of aliphatic hydroxyl groups is 1. The average molecular weight is 303 g/mol. The fourth-order valence-electron chi connectivity index (χ4n) is 2.74. The van der Waals surface area contributed by atoms with Crippen molar-refractivity contribution in [1.29, 1.82) is 0 Å². The first kappa shape index (κ1) is 16.4. The van der Waals surface area contributed by atoms with Crippen LogP contribution in [0.5, 0.6) is 0 Å². The molecule has 0 saturated heterocycles. The molecule has 0 radical (unpaired) electrons. The Morgan fingerprint density at radius 3 is 2.82 bits per heavy atom. The van der Waals surface area contributed by atoms with E-state index in [0.29, 0.717) is 13.1 Å². The van der Waals surface area contributed by atoms with Gasteiger partial charge in [-0.2, -0.15) is 0 Å². The van der Waals surface area contributed by atoms with E-state index in [1.165, 1.54) is 21.4 Å². The van der Waals surface area contributed by atoms with Gasteiger partial charge in [0, 0.05) is 30.7 Å². The molecule has 2 rings (SSSR count). The quantitative estimate of drug-likeness (QED) is 0.794. The van der Waals surface area contributed by atoms with Crippen molar-refractivity contribution < 1.29 is 9.90 Å². The molecule has 0 aliphatic rings. The van der Waals surface area contributed by atoms with Crippen LogP contribution in [0.4, 0.5) is 4.79 Å². The van der Waals surface area contributed by atoms with Crippen LogP contribution >= 0.6 is 0 Å². The van der Waals surface area contributed by atoms with Crippen molar-refractivity contribution in [3.05, 3.63) is 35.5 Å². The third kappa shape index (κ3) is 4.01. The highest BCUT2D eigenvalue weighted by Gasteiger charge is 2.19. The second-order valence-electron chi connectivity index (χ2n) is 6.46. The monoisotopic (exact) mass is 303 g/mol. The molecule has 22 heavy (non-hydrogen) atoms. The van der Waals surface area contributed by atoms with Crippen LogP contribution in [0.25, 0.3) is 10.9 Å². The molecular formula is C17H25N3O2. The van der Waals surface area contributed by atoms with E-state index < -0.39 is 5.60 Å². The van der Waals surface area contributed by atoms with Crippen LogP contribution in [0.1, 0.15) is 25.0 Å². The lowest BCUT2D eigenvalue weighted by Crippen LogP contribution is -2.45. The highest BCUT2D eigenvalue weighted by atomic mass is 16.3. The number of aromatic nitrogens is 1. The largest absolute Gasteiger partial charge is 0.389 e. The van der Waals surface area contributed by atoms with Crippen LogP contribution in [0, 0.1) is 6.92 Å². The molecule has 2 amide bonds. The molecule has 0 atom stereocenters. The van der Waals surface area contributed by atoms with E-state index in [9.17, 15) is 9.90 Å². The molecule has 2 aromatic rings. The molecular weight excluding hydrogens is 278 g/mol. The number of hydrogen-bond acceptors (Lipinski definition) is 2. The van der Waals surface area contributed by atoms with Crippen molar-refractivity contribution in [1.82, 2.24) is 15.2 Å². The van der Waals surface area contributed by atoms with E-state index in [4.69, 9.17) is 0 Å². The Morgan fingerprint density at radius 1 is 1.41 bits per heavy atom. The summed E-state index contributed by atoms with van der Waals surface area (Å²) in [6.45, 7) is 6.33. The molecule has 1 aromatic carbocycles. The Kier molecular flexibility index (Phi) is 4.76. The average Bonchev–Trinajstić information content (AvgIpc) is 2.81. The summed E-state index contributed by atoms with van der Waals surface area (Å²) in [7, 11) is 1.68. The first-order valence-electron chi connectivity index (χ1n) is 7.55. The van der Waals surface area contributed by atoms with Gasteiger partial charge in [-0.05, 0) is 44.4 Å². The van der Waals surface area contributed by atoms with Crippen molar-refractivity contribution in [3.8, 4) is 0 Å². The number of fused-ring (bicyclic) bond motifs is 1. The minimum Gasteiger partial charge on any atom is -0.389 e. The summed E-state index contributed by atoms with van der Waals surface area (Å²) in [5.41, 5.74) is 2.68. The number of aryl methyl sites for hydroxylation is 1. The van der Waals surface area contributed by atoms with Crippen molar-refractivity contribution in [2.45, 2.75) is 32.8 Å². The summed E-state index contributed by atoms with van der Waals surface area (Å²) in [6.07, 6.45) is 2.78. The number of carbonyl (C=O) groups is 1. The van der Waals surface area contributed by atoms with Crippen LogP contribution in [0.2, 0.25) is 0 Å². The van der Waals surface area contributed by atoms with Gasteiger partial charge >= 0.3 is 6.03 Å². The smallest absolute Gasteiger partial charge is 0.317 e. The van der Waals surface area contributed by atoms with Gasteiger partial charge in [-0.3, -0.25) is 0 Å². The molecule has 0 unspecified atom stereocenters. The summed E-state index contributed by atoms with van der Waals surface area (Å²) in [5.74, 6) is 0. The van der Waals surface area contributed by atoms with Crippen molar-refractivity contribution in [3.63, 3.8) is 0 Å². The minimum atomic E-state index is -0.889. The second-order valence-corrected chi connectivity index (χ2v) is 6.46. The van der Waals surface area contributed by atoms with E-state index >= 15 is 0 Å². The number of amides is 2. The number of H-pyrrole nitrogens is 1. The molecule has 0 spiro atoms. The Morgan fingerprint density at radius 2 is 2.14 bits per heavy atom. The SMILES string of the molecule is Cc1cccc2[nH]cc(CCNC(=O)N(C)CC(C)(C)O)c12. The molecule has 1 aromatic heterocycles. The molecule has 0 saturated carbocycles. The molecule has 5 nitrogen and oxygen atoms in total. The zero-order valence-corrected chi connectivity index (χ0v) is 13.7. The summed E-state index contributed by atoms with van der Waals surface area (Å²) in [4.78, 5) is 16.7. The van der Waals surface area contributed by atoms with Gasteiger partial charge in [0.2, 0.25) is 0 Å². The van der Waals surface area contributed by atoms with Gasteiger partial charge in [-0.1, -0.05) is 12.1 Å². The van der Waals surface area contributed by atoms with Gasteiger partial charge in [-0.15, -0.1) is 0 Å². The molecule has 3 N–H and O–H groups in total. The van der Waals surface area contributed by atoms with Gasteiger partial charge in [0.05, 0.1) is 12.1 Å². The maximum atomic E-state index is 12.0. The van der Waals surface area contributed by atoms with E-state index in [-0.39, 0.29) is 6.03 Å². The number of rotatable bonds is 5. The number of benzene rings is 1. The first-order valence-corrected chi connectivity index (χ1v) is 7.55. The third-order valence-corrected chi connectivity index (χ3v) is 3.64. The van der Waals surface area contributed by atoms with Gasteiger partial charge in [-0.25, -0.2) is 4.79 Å². The zero-order chi connectivity index (χ0) is 16.3. The predicted molar refractivity (Wildman–Crippen MR) is 89.1 cm³/mol. The van der Waals surface area contributed by atoms with Crippen molar-refractivity contribution in [2.24, 2.45) is 0 Å². The Hall–Kier alpha value is -2.01. The summed E-state index contributed by atoms with van der Waals surface area (Å²) < 4.78 is 0. The second kappa shape index (κ2) is 6.40. The fraction of sp³-hybridized carbons (Fsp3) is 0.471. The fourth-order valence-corrected chi connectivity index (χ4v) is 2.74. The van der Waals surface area contributed by atoms with Crippen LogP contribution in [-0.4, -0.2) is 46.8 Å². The lowest BCUT2D eigenvalue weighted by atomic mass is 10.1. The van der Waals surface area contributed by atoms with Gasteiger partial charge in [0.15, 0.2) is 0 Å². The summed E-state index contributed by atoms with van der Waals surface area (Å²) in [6, 6.07) is 6.01. The van der Waals surface area contributed by atoms with E-state index in [0.717, 1.165) is 11.9 Å². The summed E-state index contributed by atoms with van der Waals surface area (Å²) >= 11 is 0. The lowest BCUT2D eigenvalue weighted by Gasteiger charge is -2.25. The Labute approximate surface area is 131 Å². The molecule has 120 valence electrons. The van der Waals surface area contributed by atoms with Gasteiger partial charge in [0.25, 0.3) is 0 Å². The maximum Gasteiger partial charge on any atom is 0.317 e. The lowest BCUT2D eigenvalue weighted by molar-refractivity contribution is 0.0532. The van der Waals surface area contributed by atoms with Crippen LogP contribution in [0.15, 0.2) is 24.4 Å². The Bertz CT molecular complexity index is 655. The number of likely N-dealkylation sites (N-methyl/N-ethyl adjacent to an activating group) is 1. The van der Waals surface area contributed by atoms with Crippen LogP contribution < -0.4 is 5.32 Å². The Balaban J connectivity index is 1.92. The number of carbonyl (C=O) groups excluding carboxylic acids is 1. The highest BCUT2D eigenvalue weighted by Crippen LogP contribution is 2.22. The molecule has 0 fully saturated rings. The van der Waals surface area contributed by atoms with Crippen LogP contribution in [0.3, 0.4) is 0 Å². The third-order valence-electron chi connectivity index (χ3n) is 3.64. The standard InChI is InChI=1S/C17H25N3O2/c1-12-6-5-7-14-15(12)13(10-19-14)8-9-18-16(21)20(4)11-17(2,3)22/h5-7,10,19,22H,8-9,11H2,1-4H3,(H,18,21). The van der Waals surface area contributed by atoms with E-state index in [1.807, 2.05) is 12.3 Å². The van der Waals surface area contributed by atoms with Crippen LogP contribution in [-0.2, 0) is 6.42 Å². The van der Waals surface area contributed by atoms with E-state index in [1.54, 1.807) is 20.9 Å². The topological polar surface area (TPSA) is 68.4 Å². The predicted octanol–water partition coefficient (Wildman–Crippen LogP) is 2.43.